The largest absolute Gasteiger partial charge is 0.397 e. The summed E-state index contributed by atoms with van der Waals surface area (Å²) in [6.07, 6.45) is 0. The fourth-order valence-electron chi connectivity index (χ4n) is 0.952. The minimum Gasteiger partial charge on any atom is -0.397 e. The lowest BCUT2D eigenvalue weighted by Gasteiger charge is -2.06. The Bertz CT molecular complexity index is 567. The van der Waals surface area contributed by atoms with Crippen LogP contribution < -0.4 is 11.5 Å². The first-order valence-electron chi connectivity index (χ1n) is 3.54. The molecule has 0 aliphatic rings. The second-order valence-electron chi connectivity index (χ2n) is 2.68. The third kappa shape index (κ3) is 2.37. The average Bonchev–Trinajstić information content (AvgIpc) is 2.06. The van der Waals surface area contributed by atoms with Gasteiger partial charge in [0.1, 0.15) is 4.90 Å². The molecule has 0 atom stereocenters. The molecule has 7 nitrogen and oxygen atoms in total. The zero-order valence-corrected chi connectivity index (χ0v) is 8.96. The minimum absolute atomic E-state index is 0.223. The summed E-state index contributed by atoms with van der Waals surface area (Å²) in [6.45, 7) is 0. The first kappa shape index (κ1) is 11.8. The van der Waals surface area contributed by atoms with Crippen LogP contribution in [-0.4, -0.2) is 21.4 Å². The van der Waals surface area contributed by atoms with Gasteiger partial charge in [0, 0.05) is 0 Å². The number of thiol groups is 1. The van der Waals surface area contributed by atoms with Crippen LogP contribution in [0.25, 0.3) is 0 Å². The molecule has 0 aromatic heterocycles. The molecular weight excluding hydrogens is 244 g/mol. The third-order valence-corrected chi connectivity index (χ3v) is 3.22. The fourth-order valence-corrected chi connectivity index (χ4v) is 2.19. The van der Waals surface area contributed by atoms with Crippen molar-refractivity contribution in [3.8, 4) is 0 Å². The van der Waals surface area contributed by atoms with Crippen LogP contribution in [0, 0.1) is 0 Å². The number of anilines is 2. The molecule has 84 valence electrons. The van der Waals surface area contributed by atoms with E-state index < -0.39 is 25.7 Å². The highest BCUT2D eigenvalue weighted by atomic mass is 32.2. The van der Waals surface area contributed by atoms with E-state index in [9.17, 15) is 16.8 Å². The summed E-state index contributed by atoms with van der Waals surface area (Å²) in [6, 6.07) is 1.75. The van der Waals surface area contributed by atoms with Gasteiger partial charge in [-0.25, -0.2) is 8.42 Å². The molecule has 1 aromatic rings. The van der Waals surface area contributed by atoms with E-state index in [4.69, 9.17) is 16.0 Å². The van der Waals surface area contributed by atoms with Gasteiger partial charge in [-0.3, -0.25) is 4.55 Å². The Morgan fingerprint density at radius 1 is 1.20 bits per heavy atom. The van der Waals surface area contributed by atoms with Gasteiger partial charge in [0.05, 0.1) is 16.3 Å². The van der Waals surface area contributed by atoms with Crippen LogP contribution in [0.5, 0.6) is 0 Å². The van der Waals surface area contributed by atoms with Gasteiger partial charge in [0.25, 0.3) is 10.1 Å². The molecule has 0 radical (unpaired) electrons. The molecule has 0 aliphatic heterocycles. The summed E-state index contributed by atoms with van der Waals surface area (Å²) < 4.78 is 51.6. The smallest absolute Gasteiger partial charge is 0.296 e. The van der Waals surface area contributed by atoms with Gasteiger partial charge < -0.3 is 11.5 Å². The molecule has 15 heavy (non-hydrogen) atoms. The molecule has 0 fully saturated rings. The first-order chi connectivity index (χ1) is 6.73. The topological polar surface area (TPSA) is 141 Å². The molecule has 0 unspecified atom stereocenters. The van der Waals surface area contributed by atoms with Crippen molar-refractivity contribution < 1.29 is 21.4 Å². The lowest BCUT2D eigenvalue weighted by Crippen LogP contribution is -2.06. The van der Waals surface area contributed by atoms with E-state index in [-0.39, 0.29) is 16.3 Å². The molecule has 0 aliphatic carbocycles. The number of hydrogen-bond donors (Lipinski definition) is 4. The average molecular weight is 252 g/mol. The summed E-state index contributed by atoms with van der Waals surface area (Å²) in [5.41, 5.74) is 9.97. The van der Waals surface area contributed by atoms with Crippen LogP contribution in [0.3, 0.4) is 0 Å². The highest BCUT2D eigenvalue weighted by Crippen LogP contribution is 2.26. The number of benzene rings is 1. The molecule has 0 saturated heterocycles. The highest BCUT2D eigenvalue weighted by molar-refractivity contribution is 7.86. The van der Waals surface area contributed by atoms with Crippen molar-refractivity contribution >= 4 is 32.2 Å². The van der Waals surface area contributed by atoms with Gasteiger partial charge in [-0.1, -0.05) is 0 Å². The first-order valence-corrected chi connectivity index (χ1v) is 6.16. The van der Waals surface area contributed by atoms with Crippen molar-refractivity contribution in [3.63, 3.8) is 0 Å². The van der Waals surface area contributed by atoms with Gasteiger partial charge in [-0.05, 0) is 12.1 Å². The maximum atomic E-state index is 10.8. The predicted octanol–water partition coefficient (Wildman–Crippen LogP) is -0.932. The Morgan fingerprint density at radius 2 is 1.73 bits per heavy atom. The van der Waals surface area contributed by atoms with Gasteiger partial charge in [-0.15, -0.1) is 0 Å². The Kier molecular flexibility index (Phi) is 2.88. The van der Waals surface area contributed by atoms with Gasteiger partial charge in [0.2, 0.25) is 0 Å². The zero-order valence-electron chi connectivity index (χ0n) is 7.25. The van der Waals surface area contributed by atoms with Crippen LogP contribution in [0.15, 0.2) is 21.9 Å². The van der Waals surface area contributed by atoms with E-state index in [0.717, 1.165) is 12.1 Å². The predicted molar refractivity (Wildman–Crippen MR) is 53.7 cm³/mol. The minimum atomic E-state index is -4.58. The Balaban J connectivity index is 3.67. The second-order valence-corrected chi connectivity index (χ2v) is 5.10. The maximum absolute atomic E-state index is 10.8. The summed E-state index contributed by atoms with van der Waals surface area (Å²) in [4.78, 5) is -1.04. The number of hydrogen-bond acceptors (Lipinski definition) is 6. The van der Waals surface area contributed by atoms with Gasteiger partial charge in [-0.2, -0.15) is 8.42 Å². The van der Waals surface area contributed by atoms with Crippen LogP contribution in [-0.2, 0) is 20.8 Å². The van der Waals surface area contributed by atoms with Crippen molar-refractivity contribution in [2.24, 2.45) is 0 Å². The number of nitrogen functional groups attached to an aromatic ring is 2. The summed E-state index contributed by atoms with van der Waals surface area (Å²) in [5.74, 6) is 0. The molecule has 0 spiro atoms. The van der Waals surface area contributed by atoms with E-state index in [0.29, 0.717) is 0 Å². The standard InChI is InChI=1S/C6H8N2O5S2/c7-4-1-3(14(9)10)2-5(6(4)8)15(11,12)13/h1-2,14H,7-8H2,(H,11,12,13). The monoisotopic (exact) mass is 252 g/mol. The normalized spacial score (nSPS) is 11.9. The summed E-state index contributed by atoms with van der Waals surface area (Å²) >= 11 is 0. The van der Waals surface area contributed by atoms with Crippen molar-refractivity contribution in [1.82, 2.24) is 0 Å². The highest BCUT2D eigenvalue weighted by Gasteiger charge is 2.17. The molecule has 0 saturated carbocycles. The third-order valence-electron chi connectivity index (χ3n) is 1.65. The van der Waals surface area contributed by atoms with Crippen molar-refractivity contribution in [1.29, 1.82) is 0 Å². The lowest BCUT2D eigenvalue weighted by molar-refractivity contribution is 0.483. The lowest BCUT2D eigenvalue weighted by atomic mass is 10.3. The SMILES string of the molecule is Nc1cc([SH](=O)=O)cc(S(=O)(=O)O)c1N. The molecule has 1 rings (SSSR count). The Morgan fingerprint density at radius 3 is 2.13 bits per heavy atom. The van der Waals surface area contributed by atoms with Crippen LogP contribution in [0.1, 0.15) is 0 Å². The number of rotatable bonds is 2. The van der Waals surface area contributed by atoms with E-state index >= 15 is 0 Å². The van der Waals surface area contributed by atoms with Crippen LogP contribution >= 0.6 is 0 Å². The Labute approximate surface area is 87.4 Å². The molecule has 0 amide bonds. The van der Waals surface area contributed by atoms with E-state index in [2.05, 4.69) is 0 Å². The summed E-state index contributed by atoms with van der Waals surface area (Å²) in [5, 5.41) is 0. The zero-order chi connectivity index (χ0) is 11.8. The van der Waals surface area contributed by atoms with Gasteiger partial charge in [0.15, 0.2) is 10.7 Å². The van der Waals surface area contributed by atoms with E-state index in [1.807, 2.05) is 0 Å². The van der Waals surface area contributed by atoms with Crippen molar-refractivity contribution in [2.45, 2.75) is 9.79 Å². The maximum Gasteiger partial charge on any atom is 0.296 e. The molecule has 1 aromatic carbocycles. The van der Waals surface area contributed by atoms with Crippen LogP contribution in [0.4, 0.5) is 11.4 Å². The molecular formula is C6H8N2O5S2. The van der Waals surface area contributed by atoms with Gasteiger partial charge >= 0.3 is 0 Å². The second kappa shape index (κ2) is 3.68. The van der Waals surface area contributed by atoms with E-state index in [1.54, 1.807) is 0 Å². The molecule has 0 heterocycles. The van der Waals surface area contributed by atoms with E-state index in [1.165, 1.54) is 0 Å². The molecule has 0 bridgehead atoms. The van der Waals surface area contributed by atoms with Crippen molar-refractivity contribution in [3.05, 3.63) is 12.1 Å². The fraction of sp³-hybridized carbons (Fsp3) is 0. The van der Waals surface area contributed by atoms with Crippen LogP contribution in [0.2, 0.25) is 0 Å². The quantitative estimate of drug-likeness (QED) is 0.302. The van der Waals surface area contributed by atoms with Crippen molar-refractivity contribution in [2.75, 3.05) is 11.5 Å². The molecule has 5 N–H and O–H groups in total. The molecule has 9 heteroatoms. The number of nitrogens with two attached hydrogens (primary N) is 2. The Hall–Kier alpha value is -1.32. The summed E-state index contributed by atoms with van der Waals surface area (Å²) in [7, 11) is -7.58.